The molecule has 0 aliphatic rings. The summed E-state index contributed by atoms with van der Waals surface area (Å²) < 4.78 is 29.1. The van der Waals surface area contributed by atoms with Crippen LogP contribution in [0.25, 0.3) is 16.7 Å². The van der Waals surface area contributed by atoms with Crippen LogP contribution < -0.4 is 0 Å². The molecule has 0 bridgehead atoms. The summed E-state index contributed by atoms with van der Waals surface area (Å²) in [5.41, 5.74) is 1.25. The van der Waals surface area contributed by atoms with E-state index in [1.807, 2.05) is 6.07 Å². The highest BCUT2D eigenvalue weighted by atomic mass is 35.5. The zero-order valence-corrected chi connectivity index (χ0v) is 11.4. The lowest BCUT2D eigenvalue weighted by Crippen LogP contribution is -2.01. The normalized spacial score (nSPS) is 10.8. The first-order valence-corrected chi connectivity index (χ1v) is 6.61. The van der Waals surface area contributed by atoms with E-state index < -0.39 is 11.6 Å². The molecule has 0 unspecified atom stereocenters. The van der Waals surface area contributed by atoms with Gasteiger partial charge >= 0.3 is 0 Å². The molecule has 0 saturated heterocycles. The predicted octanol–water partition coefficient (Wildman–Crippen LogP) is 3.91. The summed E-state index contributed by atoms with van der Waals surface area (Å²) in [7, 11) is 0. The van der Waals surface area contributed by atoms with Gasteiger partial charge in [0.2, 0.25) is 0 Å². The monoisotopic (exact) mass is 303 g/mol. The highest BCUT2D eigenvalue weighted by Gasteiger charge is 2.18. The van der Waals surface area contributed by atoms with Gasteiger partial charge in [0.15, 0.2) is 11.6 Å². The molecule has 1 aromatic heterocycles. The molecule has 0 radical (unpaired) electrons. The van der Waals surface area contributed by atoms with E-state index in [9.17, 15) is 8.78 Å². The van der Waals surface area contributed by atoms with Gasteiger partial charge in [-0.05, 0) is 30.3 Å². The van der Waals surface area contributed by atoms with Crippen LogP contribution in [0.3, 0.4) is 0 Å². The average molecular weight is 304 g/mol. The van der Waals surface area contributed by atoms with Crippen molar-refractivity contribution in [3.63, 3.8) is 0 Å². The highest BCUT2D eigenvalue weighted by Crippen LogP contribution is 2.26. The number of aromatic nitrogens is 2. The molecule has 3 rings (SSSR count). The van der Waals surface area contributed by atoms with Crippen molar-refractivity contribution in [2.24, 2.45) is 0 Å². The Bertz CT molecular complexity index is 880. The van der Waals surface area contributed by atoms with Crippen molar-refractivity contribution in [2.75, 3.05) is 0 Å². The number of benzene rings is 2. The molecule has 0 saturated carbocycles. The molecule has 0 aliphatic carbocycles. The Kier molecular flexibility index (Phi) is 3.32. The first-order chi connectivity index (χ1) is 10.2. The third-order valence-electron chi connectivity index (χ3n) is 3.13. The van der Waals surface area contributed by atoms with E-state index in [1.54, 1.807) is 24.3 Å². The Labute approximate surface area is 124 Å². The van der Waals surface area contributed by atoms with Crippen molar-refractivity contribution in [1.82, 2.24) is 9.55 Å². The van der Waals surface area contributed by atoms with Crippen molar-refractivity contribution in [2.45, 2.75) is 5.88 Å². The molecule has 6 heteroatoms. The van der Waals surface area contributed by atoms with E-state index in [1.165, 1.54) is 10.6 Å². The van der Waals surface area contributed by atoms with Gasteiger partial charge in [-0.2, -0.15) is 5.26 Å². The molecule has 3 aromatic rings. The maximum atomic E-state index is 14.1. The van der Waals surface area contributed by atoms with Crippen LogP contribution >= 0.6 is 11.6 Å². The number of rotatable bonds is 2. The number of hydrogen-bond acceptors (Lipinski definition) is 2. The molecule has 0 amide bonds. The summed E-state index contributed by atoms with van der Waals surface area (Å²) in [6.07, 6.45) is 0. The van der Waals surface area contributed by atoms with E-state index in [4.69, 9.17) is 16.9 Å². The van der Waals surface area contributed by atoms with Crippen molar-refractivity contribution in [3.8, 4) is 11.8 Å². The van der Waals surface area contributed by atoms with Gasteiger partial charge in [-0.3, -0.25) is 4.57 Å². The summed E-state index contributed by atoms with van der Waals surface area (Å²) in [5, 5.41) is 8.96. The smallest absolute Gasteiger partial charge is 0.185 e. The van der Waals surface area contributed by atoms with Crippen LogP contribution in [-0.2, 0) is 5.88 Å². The van der Waals surface area contributed by atoms with Gasteiger partial charge in [0.1, 0.15) is 11.3 Å². The van der Waals surface area contributed by atoms with Crippen LogP contribution in [0.15, 0.2) is 36.4 Å². The Morgan fingerprint density at radius 3 is 2.76 bits per heavy atom. The number of alkyl halides is 1. The fraction of sp³-hybridized carbons (Fsp3) is 0.0667. The number of imidazole rings is 1. The minimum atomic E-state index is -0.987. The summed E-state index contributed by atoms with van der Waals surface area (Å²) in [6.45, 7) is 0. The zero-order chi connectivity index (χ0) is 15.0. The number of hydrogen-bond donors (Lipinski definition) is 0. The third-order valence-corrected chi connectivity index (χ3v) is 3.37. The molecule has 0 spiro atoms. The van der Waals surface area contributed by atoms with Gasteiger partial charge < -0.3 is 0 Å². The molecule has 3 nitrogen and oxygen atoms in total. The first kappa shape index (κ1) is 13.5. The predicted molar refractivity (Wildman–Crippen MR) is 75.3 cm³/mol. The largest absolute Gasteiger partial charge is 0.292 e. The van der Waals surface area contributed by atoms with Crippen molar-refractivity contribution < 1.29 is 8.78 Å². The van der Waals surface area contributed by atoms with Crippen molar-refractivity contribution in [1.29, 1.82) is 5.26 Å². The molecule has 0 fully saturated rings. The fourth-order valence-electron chi connectivity index (χ4n) is 2.23. The molecular weight excluding hydrogens is 296 g/mol. The van der Waals surface area contributed by atoms with E-state index in [0.717, 1.165) is 6.07 Å². The maximum absolute atomic E-state index is 14.1. The second kappa shape index (κ2) is 5.15. The summed E-state index contributed by atoms with van der Waals surface area (Å²) in [5.74, 6) is -1.53. The number of fused-ring (bicyclic) bond motifs is 1. The van der Waals surface area contributed by atoms with Gasteiger partial charge in [-0.15, -0.1) is 11.6 Å². The van der Waals surface area contributed by atoms with Crippen LogP contribution in [-0.4, -0.2) is 9.55 Å². The summed E-state index contributed by atoms with van der Waals surface area (Å²) >= 11 is 5.85. The summed E-state index contributed by atoms with van der Waals surface area (Å²) in [4.78, 5) is 4.21. The number of nitrogens with zero attached hydrogens (tertiary/aromatic N) is 3. The molecule has 1 heterocycles. The first-order valence-electron chi connectivity index (χ1n) is 6.07. The van der Waals surface area contributed by atoms with E-state index in [0.29, 0.717) is 22.6 Å². The molecule has 104 valence electrons. The molecule has 2 aromatic carbocycles. The average Bonchev–Trinajstić information content (AvgIpc) is 2.90. The standard InChI is InChI=1S/C15H8ClF2N3/c16-7-13-20-12-5-4-11(17)14(18)15(12)21(13)10-3-1-2-9(6-10)8-19/h1-6H,7H2. The zero-order valence-electron chi connectivity index (χ0n) is 10.6. The van der Waals surface area contributed by atoms with Gasteiger partial charge in [-0.25, -0.2) is 13.8 Å². The van der Waals surface area contributed by atoms with Gasteiger partial charge in [0.25, 0.3) is 0 Å². The van der Waals surface area contributed by atoms with E-state index in [2.05, 4.69) is 4.98 Å². The van der Waals surface area contributed by atoms with E-state index >= 15 is 0 Å². The Hall–Kier alpha value is -2.45. The molecule has 0 N–H and O–H groups in total. The summed E-state index contributed by atoms with van der Waals surface area (Å²) in [6, 6.07) is 11.0. The lowest BCUT2D eigenvalue weighted by atomic mass is 10.2. The quantitative estimate of drug-likeness (QED) is 0.673. The Morgan fingerprint density at radius 1 is 1.24 bits per heavy atom. The topological polar surface area (TPSA) is 41.6 Å². The Balaban J connectivity index is 2.39. The second-order valence-corrected chi connectivity index (χ2v) is 4.66. The van der Waals surface area contributed by atoms with Crippen molar-refractivity contribution >= 4 is 22.6 Å². The lowest BCUT2D eigenvalue weighted by molar-refractivity contribution is 0.514. The second-order valence-electron chi connectivity index (χ2n) is 4.39. The van der Waals surface area contributed by atoms with Crippen molar-refractivity contribution in [3.05, 3.63) is 59.4 Å². The van der Waals surface area contributed by atoms with Crippen LogP contribution in [0.2, 0.25) is 0 Å². The molecular formula is C15H8ClF2N3. The van der Waals surface area contributed by atoms with Crippen LogP contribution in [0.5, 0.6) is 0 Å². The highest BCUT2D eigenvalue weighted by molar-refractivity contribution is 6.17. The van der Waals surface area contributed by atoms with Gasteiger partial charge in [-0.1, -0.05) is 6.07 Å². The molecule has 0 atom stereocenters. The van der Waals surface area contributed by atoms with Crippen LogP contribution in [0.4, 0.5) is 8.78 Å². The van der Waals surface area contributed by atoms with Crippen LogP contribution in [0, 0.1) is 23.0 Å². The lowest BCUT2D eigenvalue weighted by Gasteiger charge is -2.08. The fourth-order valence-corrected chi connectivity index (χ4v) is 2.41. The minimum absolute atomic E-state index is 0.0146. The maximum Gasteiger partial charge on any atom is 0.185 e. The molecule has 0 aliphatic heterocycles. The molecule has 21 heavy (non-hydrogen) atoms. The Morgan fingerprint density at radius 2 is 2.05 bits per heavy atom. The number of nitriles is 1. The third kappa shape index (κ3) is 2.14. The van der Waals surface area contributed by atoms with E-state index in [-0.39, 0.29) is 11.4 Å². The van der Waals surface area contributed by atoms with Gasteiger partial charge in [0.05, 0.1) is 23.0 Å². The number of halogens is 3. The minimum Gasteiger partial charge on any atom is -0.292 e. The van der Waals surface area contributed by atoms with Gasteiger partial charge in [0, 0.05) is 5.69 Å². The van der Waals surface area contributed by atoms with Crippen LogP contribution in [0.1, 0.15) is 11.4 Å². The SMILES string of the molecule is N#Cc1cccc(-n2c(CCl)nc3ccc(F)c(F)c32)c1.